The lowest BCUT2D eigenvalue weighted by atomic mass is 10.1. The SMILES string of the molecule is CCCC(=O)Nc1ccc(C(=O)NN=C(C)c2ccc(O)cc2O)cc1. The summed E-state index contributed by atoms with van der Waals surface area (Å²) in [7, 11) is 0. The van der Waals surface area contributed by atoms with Crippen LogP contribution in [0.2, 0.25) is 0 Å². The zero-order chi connectivity index (χ0) is 19.1. The van der Waals surface area contributed by atoms with E-state index in [0.29, 0.717) is 28.9 Å². The van der Waals surface area contributed by atoms with E-state index < -0.39 is 5.91 Å². The topological polar surface area (TPSA) is 111 Å². The fraction of sp³-hybridized carbons (Fsp3) is 0.211. The maximum Gasteiger partial charge on any atom is 0.271 e. The van der Waals surface area contributed by atoms with Crippen LogP contribution in [0.5, 0.6) is 11.5 Å². The molecule has 2 aromatic carbocycles. The van der Waals surface area contributed by atoms with Gasteiger partial charge < -0.3 is 15.5 Å². The third kappa shape index (κ3) is 5.07. The zero-order valence-corrected chi connectivity index (χ0v) is 14.6. The number of nitrogens with zero attached hydrogens (tertiary/aromatic N) is 1. The lowest BCUT2D eigenvalue weighted by molar-refractivity contribution is -0.116. The highest BCUT2D eigenvalue weighted by Crippen LogP contribution is 2.23. The number of nitrogens with one attached hydrogen (secondary N) is 2. The van der Waals surface area contributed by atoms with Crippen LogP contribution < -0.4 is 10.7 Å². The molecule has 136 valence electrons. The Labute approximate surface area is 151 Å². The smallest absolute Gasteiger partial charge is 0.271 e. The minimum Gasteiger partial charge on any atom is -0.508 e. The van der Waals surface area contributed by atoms with Crippen LogP contribution in [0.4, 0.5) is 5.69 Å². The number of rotatable bonds is 6. The largest absolute Gasteiger partial charge is 0.508 e. The van der Waals surface area contributed by atoms with Crippen molar-refractivity contribution in [3.8, 4) is 11.5 Å². The number of phenols is 2. The molecule has 26 heavy (non-hydrogen) atoms. The predicted molar refractivity (Wildman–Crippen MR) is 99.4 cm³/mol. The monoisotopic (exact) mass is 355 g/mol. The molecule has 7 nitrogen and oxygen atoms in total. The van der Waals surface area contributed by atoms with E-state index in [0.717, 1.165) is 6.42 Å². The summed E-state index contributed by atoms with van der Waals surface area (Å²) < 4.78 is 0. The summed E-state index contributed by atoms with van der Waals surface area (Å²) >= 11 is 0. The van der Waals surface area contributed by atoms with Crippen LogP contribution in [0, 0.1) is 0 Å². The van der Waals surface area contributed by atoms with Crippen molar-refractivity contribution < 1.29 is 19.8 Å². The van der Waals surface area contributed by atoms with E-state index in [1.165, 1.54) is 18.2 Å². The molecule has 0 aromatic heterocycles. The summed E-state index contributed by atoms with van der Waals surface area (Å²) in [6.45, 7) is 3.55. The minimum absolute atomic E-state index is 0.0609. The van der Waals surface area contributed by atoms with Gasteiger partial charge in [0.2, 0.25) is 5.91 Å². The molecule has 0 atom stereocenters. The van der Waals surface area contributed by atoms with Gasteiger partial charge in [0.05, 0.1) is 5.71 Å². The van der Waals surface area contributed by atoms with Crippen molar-refractivity contribution in [3.63, 3.8) is 0 Å². The normalized spacial score (nSPS) is 11.1. The molecule has 2 amide bonds. The van der Waals surface area contributed by atoms with E-state index >= 15 is 0 Å². The van der Waals surface area contributed by atoms with E-state index in [9.17, 15) is 19.8 Å². The van der Waals surface area contributed by atoms with Crippen LogP contribution in [0.1, 0.15) is 42.6 Å². The average molecular weight is 355 g/mol. The first kappa shape index (κ1) is 19.0. The molecule has 0 aliphatic rings. The highest BCUT2D eigenvalue weighted by molar-refractivity contribution is 6.02. The number of benzene rings is 2. The second kappa shape index (κ2) is 8.66. The fourth-order valence-corrected chi connectivity index (χ4v) is 2.24. The van der Waals surface area contributed by atoms with Gasteiger partial charge in [0.1, 0.15) is 11.5 Å². The standard InChI is InChI=1S/C19H21N3O4/c1-3-4-18(25)20-14-7-5-13(6-8-14)19(26)22-21-12(2)16-10-9-15(23)11-17(16)24/h5-11,23-24H,3-4H2,1-2H3,(H,20,25)(H,22,26). The number of carbonyl (C=O) groups excluding carboxylic acids is 2. The predicted octanol–water partition coefficient (Wildman–Crippen LogP) is 2.99. The molecule has 4 N–H and O–H groups in total. The first-order valence-corrected chi connectivity index (χ1v) is 8.17. The molecule has 0 spiro atoms. The van der Waals surface area contributed by atoms with Crippen LogP contribution in [-0.2, 0) is 4.79 Å². The molecule has 0 saturated carbocycles. The Hall–Kier alpha value is -3.35. The molecule has 0 bridgehead atoms. The molecule has 7 heteroatoms. The molecule has 2 rings (SSSR count). The van der Waals surface area contributed by atoms with Gasteiger partial charge in [-0.25, -0.2) is 5.43 Å². The summed E-state index contributed by atoms with van der Waals surface area (Å²) in [6, 6.07) is 10.6. The van der Waals surface area contributed by atoms with E-state index in [1.54, 1.807) is 31.2 Å². The van der Waals surface area contributed by atoms with E-state index in [4.69, 9.17) is 0 Å². The Morgan fingerprint density at radius 2 is 1.77 bits per heavy atom. The number of carbonyl (C=O) groups is 2. The summed E-state index contributed by atoms with van der Waals surface area (Å²) in [5, 5.41) is 25.8. The van der Waals surface area contributed by atoms with Crippen molar-refractivity contribution in [2.75, 3.05) is 5.32 Å². The van der Waals surface area contributed by atoms with Crippen molar-refractivity contribution in [3.05, 3.63) is 53.6 Å². The molecule has 0 unspecified atom stereocenters. The molecule has 0 radical (unpaired) electrons. The lowest BCUT2D eigenvalue weighted by Crippen LogP contribution is -2.19. The average Bonchev–Trinajstić information content (AvgIpc) is 2.60. The van der Waals surface area contributed by atoms with Gasteiger partial charge in [-0.05, 0) is 49.7 Å². The van der Waals surface area contributed by atoms with Gasteiger partial charge in [-0.15, -0.1) is 0 Å². The Morgan fingerprint density at radius 1 is 1.08 bits per heavy atom. The number of hydrazone groups is 1. The lowest BCUT2D eigenvalue weighted by Gasteiger charge is -2.07. The van der Waals surface area contributed by atoms with Crippen LogP contribution >= 0.6 is 0 Å². The molecule has 0 heterocycles. The number of phenolic OH excluding ortho intramolecular Hbond substituents is 2. The van der Waals surface area contributed by atoms with Gasteiger partial charge in [-0.2, -0.15) is 5.10 Å². The minimum atomic E-state index is -0.422. The quantitative estimate of drug-likeness (QED) is 0.471. The van der Waals surface area contributed by atoms with Gasteiger partial charge in [-0.1, -0.05) is 6.92 Å². The molecular weight excluding hydrogens is 334 g/mol. The van der Waals surface area contributed by atoms with Crippen molar-refractivity contribution in [2.24, 2.45) is 5.10 Å². The van der Waals surface area contributed by atoms with Gasteiger partial charge in [-0.3, -0.25) is 9.59 Å². The van der Waals surface area contributed by atoms with E-state index in [-0.39, 0.29) is 17.4 Å². The summed E-state index contributed by atoms with van der Waals surface area (Å²) in [5.74, 6) is -0.686. The molecule has 0 fully saturated rings. The molecule has 0 saturated heterocycles. The van der Waals surface area contributed by atoms with Crippen molar-refractivity contribution >= 4 is 23.2 Å². The van der Waals surface area contributed by atoms with Gasteiger partial charge in [0.15, 0.2) is 0 Å². The second-order valence-corrected chi connectivity index (χ2v) is 5.72. The highest BCUT2D eigenvalue weighted by atomic mass is 16.3. The Balaban J connectivity index is 2.01. The Bertz CT molecular complexity index is 829. The van der Waals surface area contributed by atoms with Gasteiger partial charge in [0.25, 0.3) is 5.91 Å². The van der Waals surface area contributed by atoms with Crippen LogP contribution in [0.3, 0.4) is 0 Å². The summed E-state index contributed by atoms with van der Waals surface area (Å²) in [5.41, 5.74) is 4.19. The van der Waals surface area contributed by atoms with Crippen LogP contribution in [0.25, 0.3) is 0 Å². The summed E-state index contributed by atoms with van der Waals surface area (Å²) in [6.07, 6.45) is 1.21. The van der Waals surface area contributed by atoms with Gasteiger partial charge >= 0.3 is 0 Å². The first-order chi connectivity index (χ1) is 12.4. The fourth-order valence-electron chi connectivity index (χ4n) is 2.24. The first-order valence-electron chi connectivity index (χ1n) is 8.17. The Kier molecular flexibility index (Phi) is 6.32. The highest BCUT2D eigenvalue weighted by Gasteiger charge is 2.08. The number of anilines is 1. The third-order valence-electron chi connectivity index (χ3n) is 3.60. The van der Waals surface area contributed by atoms with Crippen LogP contribution in [0.15, 0.2) is 47.6 Å². The number of hydrogen-bond acceptors (Lipinski definition) is 5. The van der Waals surface area contributed by atoms with Crippen molar-refractivity contribution in [2.45, 2.75) is 26.7 Å². The Morgan fingerprint density at radius 3 is 2.38 bits per heavy atom. The van der Waals surface area contributed by atoms with Gasteiger partial charge in [0, 0.05) is 29.3 Å². The molecule has 0 aliphatic carbocycles. The van der Waals surface area contributed by atoms with Crippen molar-refractivity contribution in [1.82, 2.24) is 5.43 Å². The second-order valence-electron chi connectivity index (χ2n) is 5.72. The zero-order valence-electron chi connectivity index (χ0n) is 14.6. The number of hydrogen-bond donors (Lipinski definition) is 4. The number of aromatic hydroxyl groups is 2. The third-order valence-corrected chi connectivity index (χ3v) is 3.60. The van der Waals surface area contributed by atoms with Crippen LogP contribution in [-0.4, -0.2) is 27.7 Å². The van der Waals surface area contributed by atoms with E-state index in [1.807, 2.05) is 6.92 Å². The maximum atomic E-state index is 12.1. The molecule has 2 aromatic rings. The van der Waals surface area contributed by atoms with Crippen molar-refractivity contribution in [1.29, 1.82) is 0 Å². The summed E-state index contributed by atoms with van der Waals surface area (Å²) in [4.78, 5) is 23.7. The maximum absolute atomic E-state index is 12.1. The molecule has 0 aliphatic heterocycles. The number of amides is 2. The molecular formula is C19H21N3O4. The van der Waals surface area contributed by atoms with E-state index in [2.05, 4.69) is 15.8 Å².